The summed E-state index contributed by atoms with van der Waals surface area (Å²) in [5.41, 5.74) is 0.899. The normalized spacial score (nSPS) is 10.9. The highest BCUT2D eigenvalue weighted by atomic mass is 32.2. The van der Waals surface area contributed by atoms with E-state index in [9.17, 15) is 18.5 Å². The van der Waals surface area contributed by atoms with Crippen molar-refractivity contribution >= 4 is 21.7 Å². The molecule has 0 aliphatic heterocycles. The number of nitrogens with zero attached hydrogens (tertiary/aromatic N) is 1. The minimum absolute atomic E-state index is 0.0466. The highest BCUT2D eigenvalue weighted by Crippen LogP contribution is 2.27. The van der Waals surface area contributed by atoms with Gasteiger partial charge in [0, 0.05) is 12.1 Å². The van der Waals surface area contributed by atoms with Crippen LogP contribution in [0.3, 0.4) is 0 Å². The Balaban J connectivity index is 2.19. The number of non-ortho nitro benzene ring substituents is 1. The topological polar surface area (TPSA) is 108 Å². The zero-order valence-electron chi connectivity index (χ0n) is 12.3. The molecule has 0 atom stereocenters. The molecule has 2 rings (SSSR count). The summed E-state index contributed by atoms with van der Waals surface area (Å²) in [7, 11) is -2.75. The van der Waals surface area contributed by atoms with Crippen LogP contribution in [0.5, 0.6) is 11.5 Å². The highest BCUT2D eigenvalue weighted by Gasteiger charge is 2.16. The molecule has 2 aromatic rings. The standard InChI is InChI=1S/C14H14N2O6S/c1-10-3-8-14(21-2)13(9-10)15-23(19,20)22-12-6-4-11(5-7-12)16(17)18/h3-9,15H,1-2H3. The number of nitro benzene ring substituents is 1. The predicted octanol–water partition coefficient (Wildman–Crippen LogP) is 2.65. The molecule has 8 nitrogen and oxygen atoms in total. The molecule has 0 saturated heterocycles. The summed E-state index contributed by atoms with van der Waals surface area (Å²) in [6.07, 6.45) is 0. The van der Waals surface area contributed by atoms with Crippen molar-refractivity contribution in [3.05, 3.63) is 58.1 Å². The van der Waals surface area contributed by atoms with Crippen LogP contribution in [-0.4, -0.2) is 20.5 Å². The number of benzene rings is 2. The Labute approximate surface area is 133 Å². The number of anilines is 1. The first-order chi connectivity index (χ1) is 10.8. The van der Waals surface area contributed by atoms with Crippen molar-refractivity contribution in [2.45, 2.75) is 6.92 Å². The predicted molar refractivity (Wildman–Crippen MR) is 84.0 cm³/mol. The molecule has 0 amide bonds. The molecule has 0 heterocycles. The minimum Gasteiger partial charge on any atom is -0.495 e. The van der Waals surface area contributed by atoms with E-state index in [1.807, 2.05) is 0 Å². The quantitative estimate of drug-likeness (QED) is 0.641. The van der Waals surface area contributed by atoms with E-state index in [0.29, 0.717) is 5.75 Å². The number of aryl methyl sites for hydroxylation is 1. The van der Waals surface area contributed by atoms with Crippen molar-refractivity contribution in [3.63, 3.8) is 0 Å². The van der Waals surface area contributed by atoms with Crippen LogP contribution < -0.4 is 13.6 Å². The third kappa shape index (κ3) is 4.33. The Kier molecular flexibility index (Phi) is 4.70. The fraction of sp³-hybridized carbons (Fsp3) is 0.143. The summed E-state index contributed by atoms with van der Waals surface area (Å²) in [6, 6.07) is 9.69. The van der Waals surface area contributed by atoms with E-state index < -0.39 is 15.2 Å². The fourth-order valence-electron chi connectivity index (χ4n) is 1.81. The van der Waals surface area contributed by atoms with E-state index in [0.717, 1.165) is 17.7 Å². The summed E-state index contributed by atoms with van der Waals surface area (Å²) < 4.78 is 36.3. The summed E-state index contributed by atoms with van der Waals surface area (Å²) in [6.45, 7) is 1.80. The molecule has 0 radical (unpaired) electrons. The van der Waals surface area contributed by atoms with E-state index in [1.165, 1.54) is 19.2 Å². The van der Waals surface area contributed by atoms with Gasteiger partial charge in [-0.1, -0.05) is 6.07 Å². The van der Waals surface area contributed by atoms with Gasteiger partial charge in [-0.3, -0.25) is 10.1 Å². The number of ether oxygens (including phenoxy) is 1. The molecule has 23 heavy (non-hydrogen) atoms. The van der Waals surface area contributed by atoms with Gasteiger partial charge in [-0.15, -0.1) is 0 Å². The second-order valence-corrected chi connectivity index (χ2v) is 5.87. The number of hydrogen-bond acceptors (Lipinski definition) is 6. The van der Waals surface area contributed by atoms with Crippen molar-refractivity contribution in [3.8, 4) is 11.5 Å². The van der Waals surface area contributed by atoms with Crippen LogP contribution in [0.25, 0.3) is 0 Å². The van der Waals surface area contributed by atoms with Crippen LogP contribution in [0.2, 0.25) is 0 Å². The number of methoxy groups -OCH3 is 1. The van der Waals surface area contributed by atoms with Crippen LogP contribution in [0.1, 0.15) is 5.56 Å². The van der Waals surface area contributed by atoms with Gasteiger partial charge in [-0.2, -0.15) is 8.42 Å². The molecule has 0 aromatic heterocycles. The van der Waals surface area contributed by atoms with Gasteiger partial charge in [0.25, 0.3) is 5.69 Å². The molecule has 0 saturated carbocycles. The number of hydrogen-bond donors (Lipinski definition) is 1. The van der Waals surface area contributed by atoms with Gasteiger partial charge in [-0.05, 0) is 36.8 Å². The maximum absolute atomic E-state index is 12.0. The Morgan fingerprint density at radius 1 is 1.13 bits per heavy atom. The number of nitro groups is 1. The molecule has 0 aliphatic carbocycles. The van der Waals surface area contributed by atoms with Gasteiger partial charge in [0.05, 0.1) is 17.7 Å². The smallest absolute Gasteiger partial charge is 0.407 e. The number of nitrogens with one attached hydrogen (secondary N) is 1. The highest BCUT2D eigenvalue weighted by molar-refractivity contribution is 7.88. The average molecular weight is 338 g/mol. The molecular weight excluding hydrogens is 324 g/mol. The van der Waals surface area contributed by atoms with Gasteiger partial charge in [0.1, 0.15) is 11.5 Å². The minimum atomic E-state index is -4.17. The van der Waals surface area contributed by atoms with Crippen molar-refractivity contribution in [2.24, 2.45) is 0 Å². The second kappa shape index (κ2) is 6.53. The van der Waals surface area contributed by atoms with Crippen LogP contribution in [0, 0.1) is 17.0 Å². The molecule has 0 unspecified atom stereocenters. The Bertz CT molecular complexity index is 818. The summed E-state index contributed by atoms with van der Waals surface area (Å²) >= 11 is 0. The summed E-state index contributed by atoms with van der Waals surface area (Å²) in [4.78, 5) is 9.97. The molecule has 0 spiro atoms. The molecule has 0 bridgehead atoms. The SMILES string of the molecule is COc1ccc(C)cc1NS(=O)(=O)Oc1ccc([N+](=O)[O-])cc1. The lowest BCUT2D eigenvalue weighted by molar-refractivity contribution is -0.384. The van der Waals surface area contributed by atoms with E-state index in [4.69, 9.17) is 8.92 Å². The van der Waals surface area contributed by atoms with Gasteiger partial charge >= 0.3 is 10.3 Å². The zero-order chi connectivity index (χ0) is 17.0. The van der Waals surface area contributed by atoms with Crippen molar-refractivity contribution in [1.29, 1.82) is 0 Å². The second-order valence-electron chi connectivity index (χ2n) is 4.59. The largest absolute Gasteiger partial charge is 0.495 e. The van der Waals surface area contributed by atoms with Gasteiger partial charge < -0.3 is 8.92 Å². The van der Waals surface area contributed by atoms with Crippen molar-refractivity contribution < 1.29 is 22.3 Å². The van der Waals surface area contributed by atoms with E-state index in [2.05, 4.69) is 4.72 Å². The third-order valence-corrected chi connectivity index (χ3v) is 3.73. The van der Waals surface area contributed by atoms with Crippen LogP contribution in [0.15, 0.2) is 42.5 Å². The first-order valence-electron chi connectivity index (χ1n) is 6.42. The lowest BCUT2D eigenvalue weighted by atomic mass is 10.2. The van der Waals surface area contributed by atoms with Crippen LogP contribution in [0.4, 0.5) is 11.4 Å². The van der Waals surface area contributed by atoms with Crippen LogP contribution in [-0.2, 0) is 10.3 Å². The Hall–Kier alpha value is -2.81. The van der Waals surface area contributed by atoms with Gasteiger partial charge in [-0.25, -0.2) is 4.72 Å². The molecule has 2 aromatic carbocycles. The van der Waals surface area contributed by atoms with E-state index in [-0.39, 0.29) is 17.1 Å². The van der Waals surface area contributed by atoms with Crippen molar-refractivity contribution in [1.82, 2.24) is 0 Å². The molecular formula is C14H14N2O6S. The first kappa shape index (κ1) is 16.6. The monoisotopic (exact) mass is 338 g/mol. The van der Waals surface area contributed by atoms with Crippen LogP contribution >= 0.6 is 0 Å². The maximum Gasteiger partial charge on any atom is 0.407 e. The lowest BCUT2D eigenvalue weighted by Gasteiger charge is -2.12. The molecule has 122 valence electrons. The summed E-state index contributed by atoms with van der Waals surface area (Å²) in [5, 5.41) is 10.6. The zero-order valence-corrected chi connectivity index (χ0v) is 13.2. The maximum atomic E-state index is 12.0. The molecule has 9 heteroatoms. The molecule has 1 N–H and O–H groups in total. The van der Waals surface area contributed by atoms with Crippen molar-refractivity contribution in [2.75, 3.05) is 11.8 Å². The molecule has 0 aliphatic rings. The molecule has 0 fully saturated rings. The van der Waals surface area contributed by atoms with Gasteiger partial charge in [0.2, 0.25) is 0 Å². The van der Waals surface area contributed by atoms with E-state index >= 15 is 0 Å². The Morgan fingerprint density at radius 3 is 2.35 bits per heavy atom. The van der Waals surface area contributed by atoms with Gasteiger partial charge in [0.15, 0.2) is 0 Å². The first-order valence-corrected chi connectivity index (χ1v) is 7.83. The van der Waals surface area contributed by atoms with E-state index in [1.54, 1.807) is 25.1 Å². The number of rotatable bonds is 6. The average Bonchev–Trinajstić information content (AvgIpc) is 2.47. The third-order valence-electron chi connectivity index (χ3n) is 2.84. The fourth-order valence-corrected chi connectivity index (χ4v) is 2.64. The summed E-state index contributed by atoms with van der Waals surface area (Å²) in [5.74, 6) is 0.293. The Morgan fingerprint density at radius 2 is 1.78 bits per heavy atom. The lowest BCUT2D eigenvalue weighted by Crippen LogP contribution is -2.19.